The van der Waals surface area contributed by atoms with E-state index < -0.39 is 0 Å². The van der Waals surface area contributed by atoms with E-state index in [1.54, 1.807) is 4.90 Å². The van der Waals surface area contributed by atoms with Crippen molar-refractivity contribution in [3.05, 3.63) is 11.6 Å². The maximum absolute atomic E-state index is 10.3. The molecule has 0 N–H and O–H groups in total. The second-order valence-corrected chi connectivity index (χ2v) is 2.55. The van der Waals surface area contributed by atoms with Gasteiger partial charge in [0, 0.05) is 13.1 Å². The largest absolute Gasteiger partial charge is 0.341 e. The molecule has 58 valence electrons. The zero-order valence-corrected chi connectivity index (χ0v) is 6.29. The second-order valence-electron chi connectivity index (χ2n) is 2.55. The highest BCUT2D eigenvalue weighted by Crippen LogP contribution is 2.11. The highest BCUT2D eigenvalue weighted by atomic mass is 16.1. The van der Waals surface area contributed by atoms with Crippen molar-refractivity contribution in [1.29, 1.82) is 5.26 Å². The van der Waals surface area contributed by atoms with E-state index in [-0.39, 0.29) is 0 Å². The number of nitriles is 1. The van der Waals surface area contributed by atoms with Gasteiger partial charge in [0.2, 0.25) is 6.41 Å². The number of nitrogens with zero attached hydrogens (tertiary/aromatic N) is 2. The van der Waals surface area contributed by atoms with Crippen LogP contribution >= 0.6 is 0 Å². The van der Waals surface area contributed by atoms with E-state index in [0.717, 1.165) is 24.9 Å². The third-order valence-corrected chi connectivity index (χ3v) is 1.79. The van der Waals surface area contributed by atoms with E-state index in [0.29, 0.717) is 13.0 Å². The highest BCUT2D eigenvalue weighted by molar-refractivity contribution is 5.48. The Morgan fingerprint density at radius 3 is 3.09 bits per heavy atom. The molecule has 0 aliphatic carbocycles. The molecule has 3 heteroatoms. The van der Waals surface area contributed by atoms with Crippen LogP contribution in [0.1, 0.15) is 12.8 Å². The maximum Gasteiger partial charge on any atom is 0.209 e. The van der Waals surface area contributed by atoms with Crippen LogP contribution < -0.4 is 0 Å². The van der Waals surface area contributed by atoms with Gasteiger partial charge in [-0.2, -0.15) is 5.26 Å². The molecule has 0 bridgehead atoms. The molecule has 0 atom stereocenters. The Morgan fingerprint density at radius 2 is 2.64 bits per heavy atom. The summed E-state index contributed by atoms with van der Waals surface area (Å²) in [6.07, 6.45) is 4.17. The number of carbonyl (C=O) groups excluding carboxylic acids is 1. The molecule has 11 heavy (non-hydrogen) atoms. The van der Waals surface area contributed by atoms with Gasteiger partial charge in [-0.25, -0.2) is 0 Å². The molecular formula is C8H10N2O. The van der Waals surface area contributed by atoms with Crippen molar-refractivity contribution in [2.75, 3.05) is 13.1 Å². The van der Waals surface area contributed by atoms with Crippen molar-refractivity contribution in [3.8, 4) is 6.07 Å². The van der Waals surface area contributed by atoms with Gasteiger partial charge in [0.15, 0.2) is 0 Å². The third kappa shape index (κ3) is 2.08. The predicted octanol–water partition coefficient (Wildman–Crippen LogP) is 0.689. The molecule has 0 aromatic rings. The molecule has 1 aliphatic rings. The SMILES string of the molecule is N#CCC1=CCN(C=O)CC1. The van der Waals surface area contributed by atoms with E-state index in [1.165, 1.54) is 0 Å². The molecule has 1 aliphatic heterocycles. The maximum atomic E-state index is 10.3. The lowest BCUT2D eigenvalue weighted by molar-refractivity contribution is -0.117. The average Bonchev–Trinajstić information content (AvgIpc) is 2.07. The van der Waals surface area contributed by atoms with Gasteiger partial charge in [-0.15, -0.1) is 0 Å². The standard InChI is InChI=1S/C8H10N2O/c9-4-1-8-2-5-10(7-11)6-3-8/h2,7H,1,3,5-6H2. The van der Waals surface area contributed by atoms with Crippen LogP contribution in [0.2, 0.25) is 0 Å². The summed E-state index contributed by atoms with van der Waals surface area (Å²) in [5, 5.41) is 8.37. The first-order valence-electron chi connectivity index (χ1n) is 3.61. The van der Waals surface area contributed by atoms with Crippen molar-refractivity contribution in [2.24, 2.45) is 0 Å². The lowest BCUT2D eigenvalue weighted by Gasteiger charge is -2.20. The molecule has 0 aromatic heterocycles. The van der Waals surface area contributed by atoms with Crippen LogP contribution in [-0.4, -0.2) is 24.4 Å². The quantitative estimate of drug-likeness (QED) is 0.429. The number of carbonyl (C=O) groups is 1. The van der Waals surface area contributed by atoms with Gasteiger partial charge in [0.25, 0.3) is 0 Å². The van der Waals surface area contributed by atoms with E-state index in [9.17, 15) is 4.79 Å². The molecular weight excluding hydrogens is 140 g/mol. The molecule has 0 saturated heterocycles. The zero-order chi connectivity index (χ0) is 8.10. The summed E-state index contributed by atoms with van der Waals surface area (Å²) in [6.45, 7) is 1.43. The summed E-state index contributed by atoms with van der Waals surface area (Å²) in [4.78, 5) is 12.0. The molecule has 0 unspecified atom stereocenters. The molecule has 0 fully saturated rings. The molecule has 0 spiro atoms. The Morgan fingerprint density at radius 1 is 1.82 bits per heavy atom. The lowest BCUT2D eigenvalue weighted by Crippen LogP contribution is -2.26. The molecule has 1 heterocycles. The zero-order valence-electron chi connectivity index (χ0n) is 6.29. The smallest absolute Gasteiger partial charge is 0.209 e. The summed E-state index contributed by atoms with van der Waals surface area (Å²) < 4.78 is 0. The van der Waals surface area contributed by atoms with Crippen LogP contribution in [0, 0.1) is 11.3 Å². The number of amides is 1. The van der Waals surface area contributed by atoms with Crippen LogP contribution in [0.25, 0.3) is 0 Å². The van der Waals surface area contributed by atoms with Gasteiger partial charge in [-0.3, -0.25) is 4.79 Å². The minimum atomic E-state index is 0.507. The molecule has 1 rings (SSSR count). The van der Waals surface area contributed by atoms with Crippen LogP contribution in [0.3, 0.4) is 0 Å². The minimum Gasteiger partial charge on any atom is -0.341 e. The summed E-state index contributed by atoms with van der Waals surface area (Å²) in [5.74, 6) is 0. The van der Waals surface area contributed by atoms with Crippen LogP contribution in [-0.2, 0) is 4.79 Å². The Kier molecular flexibility index (Phi) is 2.67. The van der Waals surface area contributed by atoms with Gasteiger partial charge in [-0.05, 0) is 6.42 Å². The molecule has 3 nitrogen and oxygen atoms in total. The topological polar surface area (TPSA) is 44.1 Å². The first-order valence-corrected chi connectivity index (χ1v) is 3.61. The first-order chi connectivity index (χ1) is 5.36. The minimum absolute atomic E-state index is 0.507. The van der Waals surface area contributed by atoms with Gasteiger partial charge < -0.3 is 4.90 Å². The number of rotatable bonds is 2. The fourth-order valence-corrected chi connectivity index (χ4v) is 1.08. The van der Waals surface area contributed by atoms with Gasteiger partial charge >= 0.3 is 0 Å². The van der Waals surface area contributed by atoms with E-state index in [2.05, 4.69) is 6.07 Å². The van der Waals surface area contributed by atoms with E-state index in [4.69, 9.17) is 5.26 Å². The molecule has 0 radical (unpaired) electrons. The van der Waals surface area contributed by atoms with Crippen molar-refractivity contribution in [3.63, 3.8) is 0 Å². The van der Waals surface area contributed by atoms with Crippen LogP contribution in [0.5, 0.6) is 0 Å². The Bertz CT molecular complexity index is 215. The fourth-order valence-electron chi connectivity index (χ4n) is 1.08. The summed E-state index contributed by atoms with van der Waals surface area (Å²) >= 11 is 0. The average molecular weight is 150 g/mol. The predicted molar refractivity (Wildman–Crippen MR) is 40.6 cm³/mol. The second kappa shape index (κ2) is 3.77. The Hall–Kier alpha value is -1.30. The molecule has 0 saturated carbocycles. The summed E-state index contributed by atoms with van der Waals surface area (Å²) in [5.41, 5.74) is 1.16. The number of hydrogen-bond donors (Lipinski definition) is 0. The van der Waals surface area contributed by atoms with Gasteiger partial charge in [0.1, 0.15) is 0 Å². The lowest BCUT2D eigenvalue weighted by atomic mass is 10.1. The Balaban J connectivity index is 2.44. The normalized spacial score (nSPS) is 17.0. The molecule has 1 amide bonds. The summed E-state index contributed by atoms with van der Waals surface area (Å²) in [7, 11) is 0. The monoisotopic (exact) mass is 150 g/mol. The van der Waals surface area contributed by atoms with Gasteiger partial charge in [0.05, 0.1) is 12.5 Å². The van der Waals surface area contributed by atoms with Crippen molar-refractivity contribution in [1.82, 2.24) is 4.90 Å². The van der Waals surface area contributed by atoms with Crippen LogP contribution in [0.15, 0.2) is 11.6 Å². The summed E-state index contributed by atoms with van der Waals surface area (Å²) in [6, 6.07) is 2.10. The van der Waals surface area contributed by atoms with Crippen molar-refractivity contribution < 1.29 is 4.79 Å². The Labute approximate surface area is 65.9 Å². The fraction of sp³-hybridized carbons (Fsp3) is 0.500. The molecule has 0 aromatic carbocycles. The van der Waals surface area contributed by atoms with Gasteiger partial charge in [-0.1, -0.05) is 11.6 Å². The third-order valence-electron chi connectivity index (χ3n) is 1.79. The van der Waals surface area contributed by atoms with Crippen molar-refractivity contribution in [2.45, 2.75) is 12.8 Å². The van der Waals surface area contributed by atoms with Crippen LogP contribution in [0.4, 0.5) is 0 Å². The highest BCUT2D eigenvalue weighted by Gasteiger charge is 2.07. The van der Waals surface area contributed by atoms with Crippen molar-refractivity contribution >= 4 is 6.41 Å². The number of hydrogen-bond acceptors (Lipinski definition) is 2. The van der Waals surface area contributed by atoms with E-state index >= 15 is 0 Å². The first kappa shape index (κ1) is 7.80. The van der Waals surface area contributed by atoms with E-state index in [1.807, 2.05) is 6.08 Å².